The first-order valence-electron chi connectivity index (χ1n) is 23.9. The lowest BCUT2D eigenvalue weighted by molar-refractivity contribution is -0.384. The molecular formula is C51H58ClF3N8O7S. The van der Waals surface area contributed by atoms with E-state index in [2.05, 4.69) is 55.8 Å². The van der Waals surface area contributed by atoms with Crippen LogP contribution in [0.25, 0.3) is 16.6 Å². The summed E-state index contributed by atoms with van der Waals surface area (Å²) in [4.78, 5) is 39.2. The van der Waals surface area contributed by atoms with Gasteiger partial charge in [-0.15, -0.1) is 0 Å². The van der Waals surface area contributed by atoms with Crippen LogP contribution >= 0.6 is 11.6 Å². The number of sulfonamides is 1. The second-order valence-corrected chi connectivity index (χ2v) is 22.5. The molecule has 0 spiro atoms. The fourth-order valence-corrected chi connectivity index (χ4v) is 11.0. The number of aromatic nitrogens is 2. The number of benzene rings is 3. The topological polar surface area (TPSA) is 175 Å². The van der Waals surface area contributed by atoms with Crippen molar-refractivity contribution in [2.75, 3.05) is 74.1 Å². The summed E-state index contributed by atoms with van der Waals surface area (Å²) in [6, 6.07) is 19.7. The lowest BCUT2D eigenvalue weighted by atomic mass is 9.72. The number of fused-ring (bicyclic) bond motifs is 2. The third-order valence-corrected chi connectivity index (χ3v) is 16.2. The molecule has 1 amide bonds. The SMILES string of the molecule is CC1(C)CCC(CN2CCN(c3ccc(C(=O)NS(=O)(=O)c4ccc(NCC5CCOCC5)c([N+](=O)[O-])c4)c(N4CC(C(C)(C)C(F)(F)F)Oc5nc6[nH]ccc6cc54)c3)CC2)=C(c2ccc(Cl)cc2)C1. The summed E-state index contributed by atoms with van der Waals surface area (Å²) in [7, 11) is -4.76. The minimum Gasteiger partial charge on any atom is -0.470 e. The van der Waals surface area contributed by atoms with Crippen LogP contribution in [0.2, 0.25) is 5.02 Å². The number of ether oxygens (including phenoxy) is 2. The van der Waals surface area contributed by atoms with Gasteiger partial charge >= 0.3 is 6.18 Å². The van der Waals surface area contributed by atoms with Crippen molar-refractivity contribution in [1.82, 2.24) is 19.6 Å². The first kappa shape index (κ1) is 50.1. The van der Waals surface area contributed by atoms with Crippen LogP contribution in [0.1, 0.15) is 75.7 Å². The van der Waals surface area contributed by atoms with Crippen molar-refractivity contribution >= 4 is 72.6 Å². The van der Waals surface area contributed by atoms with E-state index in [1.54, 1.807) is 30.5 Å². The largest absolute Gasteiger partial charge is 0.470 e. The predicted octanol–water partition coefficient (Wildman–Crippen LogP) is 10.4. The van der Waals surface area contributed by atoms with E-state index >= 15 is 0 Å². The van der Waals surface area contributed by atoms with Gasteiger partial charge in [0.1, 0.15) is 23.1 Å². The number of nitrogens with zero attached hydrogens (tertiary/aromatic N) is 5. The number of nitro groups is 1. The fraction of sp³-hybridized carbons (Fsp3) is 0.451. The number of hydrogen-bond acceptors (Lipinski definition) is 12. The van der Waals surface area contributed by atoms with Gasteiger partial charge in [0.05, 0.1) is 33.0 Å². The molecular weight excluding hydrogens is 961 g/mol. The van der Waals surface area contributed by atoms with E-state index < -0.39 is 55.7 Å². The normalized spacial score (nSPS) is 19.4. The van der Waals surface area contributed by atoms with E-state index in [0.717, 1.165) is 58.6 Å². The highest BCUT2D eigenvalue weighted by atomic mass is 35.5. The molecule has 2 saturated heterocycles. The van der Waals surface area contributed by atoms with Gasteiger partial charge in [0, 0.05) is 80.8 Å². The Labute approximate surface area is 415 Å². The average Bonchev–Trinajstić information content (AvgIpc) is 3.80. The number of piperazine rings is 1. The zero-order valence-corrected chi connectivity index (χ0v) is 41.6. The Morgan fingerprint density at radius 3 is 2.42 bits per heavy atom. The molecule has 1 atom stereocenters. The Kier molecular flexibility index (Phi) is 13.8. The quantitative estimate of drug-likeness (QED) is 0.0753. The first-order valence-corrected chi connectivity index (χ1v) is 25.8. The molecule has 15 nitrogen and oxygen atoms in total. The van der Waals surface area contributed by atoms with Crippen LogP contribution in [0.5, 0.6) is 5.88 Å². The van der Waals surface area contributed by atoms with Gasteiger partial charge < -0.3 is 29.6 Å². The Bertz CT molecular complexity index is 2970. The summed E-state index contributed by atoms with van der Waals surface area (Å²) in [5, 5.41) is 16.6. The number of alkyl halides is 3. The highest BCUT2D eigenvalue weighted by molar-refractivity contribution is 7.90. The van der Waals surface area contributed by atoms with E-state index in [1.165, 1.54) is 39.8 Å². The van der Waals surface area contributed by atoms with Gasteiger partial charge in [-0.3, -0.25) is 19.8 Å². The molecule has 378 valence electrons. The molecule has 3 aliphatic heterocycles. The number of hydrogen-bond donors (Lipinski definition) is 3. The predicted molar refractivity (Wildman–Crippen MR) is 268 cm³/mol. The molecule has 9 rings (SSSR count). The molecule has 5 heterocycles. The Morgan fingerprint density at radius 2 is 1.72 bits per heavy atom. The molecule has 20 heteroatoms. The van der Waals surface area contributed by atoms with E-state index in [1.807, 2.05) is 12.1 Å². The van der Waals surface area contributed by atoms with E-state index in [0.29, 0.717) is 67.7 Å². The molecule has 5 aromatic rings. The van der Waals surface area contributed by atoms with Crippen LogP contribution in [-0.4, -0.2) is 105 Å². The number of carbonyl (C=O) groups is 1. The summed E-state index contributed by atoms with van der Waals surface area (Å²) in [6.07, 6.45) is -0.0739. The Balaban J connectivity index is 1.04. The second-order valence-electron chi connectivity index (χ2n) is 20.4. The summed E-state index contributed by atoms with van der Waals surface area (Å²) < 4.78 is 86.2. The highest BCUT2D eigenvalue weighted by Crippen LogP contribution is 2.49. The van der Waals surface area contributed by atoms with Crippen molar-refractivity contribution in [3.63, 3.8) is 0 Å². The van der Waals surface area contributed by atoms with Crippen molar-refractivity contribution in [1.29, 1.82) is 0 Å². The van der Waals surface area contributed by atoms with Gasteiger partial charge in [-0.05, 0) is 123 Å². The fourth-order valence-electron chi connectivity index (χ4n) is 9.91. The Morgan fingerprint density at radius 1 is 0.986 bits per heavy atom. The lowest BCUT2D eigenvalue weighted by Crippen LogP contribution is -2.53. The van der Waals surface area contributed by atoms with Crippen LogP contribution < -0.4 is 24.6 Å². The van der Waals surface area contributed by atoms with E-state index in [4.69, 9.17) is 21.1 Å². The summed E-state index contributed by atoms with van der Waals surface area (Å²) >= 11 is 6.26. The summed E-state index contributed by atoms with van der Waals surface area (Å²) in [5.41, 5.74) is 2.53. The first-order chi connectivity index (χ1) is 33.7. The maximum Gasteiger partial charge on any atom is 0.397 e. The van der Waals surface area contributed by atoms with Crippen molar-refractivity contribution in [3.05, 3.63) is 111 Å². The van der Waals surface area contributed by atoms with Crippen molar-refractivity contribution in [2.24, 2.45) is 16.7 Å². The number of nitro benzene ring substituents is 1. The lowest BCUT2D eigenvalue weighted by Gasteiger charge is -2.43. The second kappa shape index (κ2) is 19.6. The number of halogens is 4. The minimum absolute atomic E-state index is 0.109. The zero-order valence-electron chi connectivity index (χ0n) is 40.1. The molecule has 4 aliphatic rings. The summed E-state index contributed by atoms with van der Waals surface area (Å²) in [5.74, 6) is -1.000. The van der Waals surface area contributed by atoms with Gasteiger partial charge in [-0.25, -0.2) is 13.1 Å². The number of allylic oxidation sites excluding steroid dienone is 1. The zero-order chi connectivity index (χ0) is 50.5. The van der Waals surface area contributed by atoms with Crippen molar-refractivity contribution < 1.29 is 40.8 Å². The molecule has 2 fully saturated rings. The van der Waals surface area contributed by atoms with E-state index in [9.17, 15) is 36.5 Å². The van der Waals surface area contributed by atoms with Crippen LogP contribution in [0, 0.1) is 26.9 Å². The number of carbonyl (C=O) groups excluding carboxylic acids is 1. The third kappa shape index (κ3) is 10.7. The molecule has 2 aromatic heterocycles. The number of rotatable bonds is 13. The van der Waals surface area contributed by atoms with Crippen molar-refractivity contribution in [3.8, 4) is 5.88 Å². The van der Waals surface area contributed by atoms with Crippen LogP contribution in [0.15, 0.2) is 89.5 Å². The molecule has 0 saturated carbocycles. The number of nitrogens with one attached hydrogen (secondary N) is 3. The Hall–Kier alpha value is -5.89. The average molecular weight is 1020 g/mol. The van der Waals surface area contributed by atoms with E-state index in [-0.39, 0.29) is 39.8 Å². The molecule has 1 aliphatic carbocycles. The number of aromatic amines is 1. The molecule has 0 bridgehead atoms. The molecule has 3 N–H and O–H groups in total. The van der Waals surface area contributed by atoms with Gasteiger partial charge in [0.25, 0.3) is 21.6 Å². The smallest absolute Gasteiger partial charge is 0.397 e. The maximum absolute atomic E-state index is 14.8. The van der Waals surface area contributed by atoms with Gasteiger partial charge in [0.2, 0.25) is 5.88 Å². The van der Waals surface area contributed by atoms with Crippen LogP contribution in [-0.2, 0) is 14.8 Å². The van der Waals surface area contributed by atoms with Crippen molar-refractivity contribution in [2.45, 2.75) is 77.0 Å². The molecule has 1 unspecified atom stereocenters. The van der Waals surface area contributed by atoms with Crippen LogP contribution in [0.4, 0.5) is 41.6 Å². The molecule has 71 heavy (non-hydrogen) atoms. The summed E-state index contributed by atoms with van der Waals surface area (Å²) in [6.45, 7) is 11.2. The monoisotopic (exact) mass is 1020 g/mol. The molecule has 3 aromatic carbocycles. The minimum atomic E-state index is -4.76. The standard InChI is InChI=1S/C51H58ClF3N8O7S/c1-49(2)17-13-35(40(28-49)33-5-7-36(52)8-6-33)30-60-19-21-61(22-20-60)37-9-11-39(47(64)59-71(67,68)38-10-12-41(43(27-38)63(65)66)57-29-32-15-23-69-24-16-32)42(26-37)62-31-45(50(3,4)51(53,54)55)70-48-44(62)25-34-14-18-56-46(34)58-48/h5-12,14,18,25-27,32,45,57H,13,15-17,19-24,28-31H2,1-4H3,(H,56,58)(H,59,64). The number of pyridine rings is 1. The molecule has 0 radical (unpaired) electrons. The maximum atomic E-state index is 14.8. The third-order valence-electron chi connectivity index (χ3n) is 14.6. The number of H-pyrrole nitrogens is 1. The number of anilines is 4. The van der Waals surface area contributed by atoms with Gasteiger partial charge in [-0.1, -0.05) is 43.2 Å². The van der Waals surface area contributed by atoms with Gasteiger partial charge in [0.15, 0.2) is 0 Å². The highest BCUT2D eigenvalue weighted by Gasteiger charge is 2.56. The van der Waals surface area contributed by atoms with Crippen LogP contribution in [0.3, 0.4) is 0 Å². The van der Waals surface area contributed by atoms with Gasteiger partial charge in [-0.2, -0.15) is 18.2 Å². The number of amides is 1.